The van der Waals surface area contributed by atoms with E-state index in [0.29, 0.717) is 0 Å². The fraction of sp³-hybridized carbons (Fsp3) is 0.750. The molecule has 0 fully saturated rings. The minimum absolute atomic E-state index is 0.143. The SMILES string of the molecule is CCOC(=O)C1=NO[C@H]([C@H](O)CO)C1. The van der Waals surface area contributed by atoms with E-state index in [4.69, 9.17) is 14.7 Å². The Morgan fingerprint density at radius 3 is 3.14 bits per heavy atom. The number of carbonyl (C=O) groups excluding carboxylic acids is 1. The summed E-state index contributed by atoms with van der Waals surface area (Å²) in [6, 6.07) is 0. The fourth-order valence-electron chi connectivity index (χ4n) is 1.06. The number of hydrogen-bond acceptors (Lipinski definition) is 6. The van der Waals surface area contributed by atoms with Gasteiger partial charge in [-0.3, -0.25) is 0 Å². The molecular formula is C8H13NO5. The molecule has 6 nitrogen and oxygen atoms in total. The van der Waals surface area contributed by atoms with E-state index in [1.165, 1.54) is 0 Å². The average Bonchev–Trinajstić information content (AvgIpc) is 2.66. The smallest absolute Gasteiger partial charge is 0.356 e. The van der Waals surface area contributed by atoms with Crippen molar-refractivity contribution in [2.24, 2.45) is 5.16 Å². The molecule has 0 spiro atoms. The summed E-state index contributed by atoms with van der Waals surface area (Å²) in [7, 11) is 0. The largest absolute Gasteiger partial charge is 0.461 e. The van der Waals surface area contributed by atoms with Gasteiger partial charge in [-0.1, -0.05) is 5.16 Å². The second-order valence-electron chi connectivity index (χ2n) is 2.86. The van der Waals surface area contributed by atoms with Crippen LogP contribution in [0.1, 0.15) is 13.3 Å². The summed E-state index contributed by atoms with van der Waals surface area (Å²) in [6.45, 7) is 1.54. The molecule has 14 heavy (non-hydrogen) atoms. The van der Waals surface area contributed by atoms with E-state index >= 15 is 0 Å². The molecule has 1 heterocycles. The highest BCUT2D eigenvalue weighted by atomic mass is 16.7. The molecule has 0 saturated carbocycles. The maximum Gasteiger partial charge on any atom is 0.356 e. The van der Waals surface area contributed by atoms with Gasteiger partial charge in [0.15, 0.2) is 11.8 Å². The Morgan fingerprint density at radius 1 is 1.86 bits per heavy atom. The molecule has 0 saturated heterocycles. The van der Waals surface area contributed by atoms with Gasteiger partial charge in [-0.25, -0.2) is 4.79 Å². The van der Waals surface area contributed by atoms with Gasteiger partial charge in [0.25, 0.3) is 0 Å². The third kappa shape index (κ3) is 2.43. The molecule has 0 radical (unpaired) electrons. The minimum Gasteiger partial charge on any atom is -0.461 e. The van der Waals surface area contributed by atoms with E-state index < -0.39 is 24.8 Å². The summed E-state index contributed by atoms with van der Waals surface area (Å²) in [6.07, 6.45) is -1.51. The molecule has 6 heteroatoms. The van der Waals surface area contributed by atoms with Crippen LogP contribution in [0.4, 0.5) is 0 Å². The van der Waals surface area contributed by atoms with Gasteiger partial charge < -0.3 is 19.8 Å². The van der Waals surface area contributed by atoms with Crippen LogP contribution in [0.15, 0.2) is 5.16 Å². The van der Waals surface area contributed by atoms with Crippen LogP contribution in [-0.4, -0.2) is 47.3 Å². The number of esters is 1. The first-order chi connectivity index (χ1) is 6.69. The molecule has 1 rings (SSSR count). The maximum atomic E-state index is 11.1. The van der Waals surface area contributed by atoms with Crippen molar-refractivity contribution in [1.82, 2.24) is 0 Å². The maximum absolute atomic E-state index is 11.1. The second kappa shape index (κ2) is 4.92. The summed E-state index contributed by atoms with van der Waals surface area (Å²) >= 11 is 0. The molecule has 0 aromatic heterocycles. The van der Waals surface area contributed by atoms with Gasteiger partial charge >= 0.3 is 5.97 Å². The standard InChI is InChI=1S/C8H13NO5/c1-2-13-8(12)5-3-7(14-9-5)6(11)4-10/h6-7,10-11H,2-4H2,1H3/t6-,7+/m1/s1. The Kier molecular flexibility index (Phi) is 3.84. The van der Waals surface area contributed by atoms with Gasteiger partial charge in [0.1, 0.15) is 6.10 Å². The summed E-state index contributed by atoms with van der Waals surface area (Å²) in [5.74, 6) is -0.542. The van der Waals surface area contributed by atoms with Crippen LogP contribution >= 0.6 is 0 Å². The van der Waals surface area contributed by atoms with Crippen LogP contribution in [-0.2, 0) is 14.4 Å². The molecule has 0 aromatic rings. The van der Waals surface area contributed by atoms with Gasteiger partial charge in [-0.15, -0.1) is 0 Å². The quantitative estimate of drug-likeness (QED) is 0.575. The number of hydrogen-bond donors (Lipinski definition) is 2. The number of aliphatic hydroxyl groups excluding tert-OH is 2. The Morgan fingerprint density at radius 2 is 2.57 bits per heavy atom. The van der Waals surface area contributed by atoms with E-state index in [9.17, 15) is 9.90 Å². The van der Waals surface area contributed by atoms with Crippen LogP contribution < -0.4 is 0 Å². The van der Waals surface area contributed by atoms with E-state index in [-0.39, 0.29) is 18.7 Å². The highest BCUT2D eigenvalue weighted by Crippen LogP contribution is 2.14. The number of nitrogens with zero attached hydrogens (tertiary/aromatic N) is 1. The zero-order chi connectivity index (χ0) is 10.6. The minimum atomic E-state index is -1.02. The molecule has 0 aliphatic carbocycles. The lowest BCUT2D eigenvalue weighted by Crippen LogP contribution is -2.30. The molecule has 1 aliphatic rings. The van der Waals surface area contributed by atoms with Gasteiger partial charge in [0.05, 0.1) is 13.2 Å². The third-order valence-electron chi connectivity index (χ3n) is 1.82. The highest BCUT2D eigenvalue weighted by Gasteiger charge is 2.31. The number of rotatable bonds is 4. The third-order valence-corrected chi connectivity index (χ3v) is 1.82. The van der Waals surface area contributed by atoms with Gasteiger partial charge in [0, 0.05) is 6.42 Å². The monoisotopic (exact) mass is 203 g/mol. The van der Waals surface area contributed by atoms with Gasteiger partial charge in [0.2, 0.25) is 0 Å². The van der Waals surface area contributed by atoms with Crippen LogP contribution in [0.3, 0.4) is 0 Å². The zero-order valence-electron chi connectivity index (χ0n) is 7.84. The second-order valence-corrected chi connectivity index (χ2v) is 2.86. The van der Waals surface area contributed by atoms with E-state index in [1.54, 1.807) is 6.92 Å². The van der Waals surface area contributed by atoms with Gasteiger partial charge in [-0.05, 0) is 6.92 Å². The van der Waals surface area contributed by atoms with Crippen molar-refractivity contribution in [2.75, 3.05) is 13.2 Å². The van der Waals surface area contributed by atoms with E-state index in [1.807, 2.05) is 0 Å². The Bertz CT molecular complexity index is 240. The molecule has 2 N–H and O–H groups in total. The summed E-state index contributed by atoms with van der Waals surface area (Å²) in [4.78, 5) is 15.9. The van der Waals surface area contributed by atoms with Crippen molar-refractivity contribution in [3.8, 4) is 0 Å². The molecule has 80 valence electrons. The number of ether oxygens (including phenoxy) is 1. The summed E-state index contributed by atoms with van der Waals surface area (Å²) < 4.78 is 4.69. The van der Waals surface area contributed by atoms with Crippen LogP contribution in [0, 0.1) is 0 Å². The Balaban J connectivity index is 2.43. The van der Waals surface area contributed by atoms with Crippen LogP contribution in [0.25, 0.3) is 0 Å². The molecule has 0 amide bonds. The number of carbonyl (C=O) groups is 1. The zero-order valence-corrected chi connectivity index (χ0v) is 7.84. The normalized spacial score (nSPS) is 22.5. The van der Waals surface area contributed by atoms with Crippen LogP contribution in [0.5, 0.6) is 0 Å². The number of aliphatic hydroxyl groups is 2. The average molecular weight is 203 g/mol. The lowest BCUT2D eigenvalue weighted by atomic mass is 10.1. The lowest BCUT2D eigenvalue weighted by molar-refractivity contribution is -0.135. The van der Waals surface area contributed by atoms with Crippen molar-refractivity contribution in [3.63, 3.8) is 0 Å². The Hall–Kier alpha value is -1.14. The van der Waals surface area contributed by atoms with E-state index in [0.717, 1.165) is 0 Å². The van der Waals surface area contributed by atoms with E-state index in [2.05, 4.69) is 5.16 Å². The predicted molar refractivity (Wildman–Crippen MR) is 46.7 cm³/mol. The summed E-state index contributed by atoms with van der Waals surface area (Å²) in [5, 5.41) is 21.3. The lowest BCUT2D eigenvalue weighted by Gasteiger charge is -2.12. The summed E-state index contributed by atoms with van der Waals surface area (Å²) in [5.41, 5.74) is 0.143. The van der Waals surface area contributed by atoms with Crippen molar-refractivity contribution in [1.29, 1.82) is 0 Å². The predicted octanol–water partition coefficient (Wildman–Crippen LogP) is -0.952. The van der Waals surface area contributed by atoms with Gasteiger partial charge in [-0.2, -0.15) is 0 Å². The van der Waals surface area contributed by atoms with Crippen LogP contribution in [0.2, 0.25) is 0 Å². The Labute approximate surface area is 81.1 Å². The molecule has 0 bridgehead atoms. The van der Waals surface area contributed by atoms with Crippen molar-refractivity contribution in [2.45, 2.75) is 25.6 Å². The first kappa shape index (κ1) is 10.9. The topological polar surface area (TPSA) is 88.4 Å². The molecule has 0 aromatic carbocycles. The fourth-order valence-corrected chi connectivity index (χ4v) is 1.06. The molecule has 0 unspecified atom stereocenters. The molecule has 1 aliphatic heterocycles. The highest BCUT2D eigenvalue weighted by molar-refractivity contribution is 6.36. The van der Waals surface area contributed by atoms with Crippen molar-refractivity contribution >= 4 is 11.7 Å². The molecule has 2 atom stereocenters. The van der Waals surface area contributed by atoms with Crippen molar-refractivity contribution in [3.05, 3.63) is 0 Å². The molecular weight excluding hydrogens is 190 g/mol. The first-order valence-corrected chi connectivity index (χ1v) is 4.37. The van der Waals surface area contributed by atoms with Crippen molar-refractivity contribution < 1.29 is 24.6 Å². The number of oxime groups is 1. The first-order valence-electron chi connectivity index (χ1n) is 4.37.